The first-order valence-electron chi connectivity index (χ1n) is 10.0. The number of benzene rings is 2. The lowest BCUT2D eigenvalue weighted by atomic mass is 9.74. The molecule has 1 aromatic heterocycles. The van der Waals surface area contributed by atoms with E-state index in [1.54, 1.807) is 0 Å². The summed E-state index contributed by atoms with van der Waals surface area (Å²) in [6.07, 6.45) is 0.550. The summed E-state index contributed by atoms with van der Waals surface area (Å²) < 4.78 is 18.6. The van der Waals surface area contributed by atoms with E-state index < -0.39 is 5.82 Å². The third-order valence-electron chi connectivity index (χ3n) is 5.09. The molecule has 3 rings (SSSR count). The van der Waals surface area contributed by atoms with E-state index in [1.807, 2.05) is 56.6 Å². The number of nitrogens with zero attached hydrogens (tertiary/aromatic N) is 3. The average molecular weight is 503 g/mol. The monoisotopic (exact) mass is 502 g/mol. The first kappa shape index (κ1) is 23.7. The lowest BCUT2D eigenvalue weighted by molar-refractivity contribution is -0.125. The first-order valence-corrected chi connectivity index (χ1v) is 10.8. The zero-order chi connectivity index (χ0) is 23.3. The van der Waals surface area contributed by atoms with Crippen LogP contribution in [-0.4, -0.2) is 27.1 Å². The van der Waals surface area contributed by atoms with E-state index in [0.29, 0.717) is 12.1 Å². The molecule has 0 saturated heterocycles. The van der Waals surface area contributed by atoms with E-state index in [2.05, 4.69) is 31.2 Å². The molecule has 0 amide bonds. The number of halogens is 2. The van der Waals surface area contributed by atoms with Crippen LogP contribution >= 0.6 is 15.9 Å². The second-order valence-corrected chi connectivity index (χ2v) is 9.34. The van der Waals surface area contributed by atoms with E-state index in [9.17, 15) is 14.4 Å². The summed E-state index contributed by atoms with van der Waals surface area (Å²) in [5.74, 6) is -0.809. The number of carbonyl (C=O) groups excluding carboxylic acids is 1. The summed E-state index contributed by atoms with van der Waals surface area (Å²) in [6, 6.07) is 13.9. The minimum absolute atomic E-state index is 0.0277. The van der Waals surface area contributed by atoms with Gasteiger partial charge in [0.1, 0.15) is 17.3 Å². The molecule has 0 fully saturated rings. The van der Waals surface area contributed by atoms with Gasteiger partial charge in [0.05, 0.1) is 16.6 Å². The molecule has 7 nitrogen and oxygen atoms in total. The van der Waals surface area contributed by atoms with Gasteiger partial charge in [-0.2, -0.15) is 0 Å². The second kappa shape index (κ2) is 10.1. The number of hydrogen-bond donors (Lipinski definition) is 2. The van der Waals surface area contributed by atoms with Crippen LogP contribution in [0.5, 0.6) is 0 Å². The van der Waals surface area contributed by atoms with Crippen LogP contribution < -0.4 is 5.48 Å². The molecule has 9 heteroatoms. The van der Waals surface area contributed by atoms with Crippen LogP contribution in [0.25, 0.3) is 0 Å². The molecule has 2 N–H and O–H groups in total. The predicted molar refractivity (Wildman–Crippen MR) is 121 cm³/mol. The fourth-order valence-electron chi connectivity index (χ4n) is 3.36. The molecule has 0 radical (unpaired) electrons. The molecule has 32 heavy (non-hydrogen) atoms. The quantitative estimate of drug-likeness (QED) is 0.266. The summed E-state index contributed by atoms with van der Waals surface area (Å²) >= 11 is 3.10. The van der Waals surface area contributed by atoms with E-state index in [4.69, 9.17) is 4.63 Å². The van der Waals surface area contributed by atoms with Crippen molar-refractivity contribution in [3.8, 4) is 0 Å². The smallest absolute Gasteiger partial charge is 0.182 e. The molecule has 0 spiro atoms. The van der Waals surface area contributed by atoms with Gasteiger partial charge in [0.2, 0.25) is 0 Å². The van der Waals surface area contributed by atoms with E-state index in [1.165, 1.54) is 18.2 Å². The summed E-state index contributed by atoms with van der Waals surface area (Å²) in [6.45, 7) is 6.07. The zero-order valence-electron chi connectivity index (χ0n) is 18.0. The van der Waals surface area contributed by atoms with Gasteiger partial charge in [-0.05, 0) is 56.7 Å². The van der Waals surface area contributed by atoms with Crippen molar-refractivity contribution >= 4 is 33.2 Å². The Morgan fingerprint density at radius 2 is 1.94 bits per heavy atom. The fourth-order valence-corrected chi connectivity index (χ4v) is 3.72. The molecule has 0 aliphatic rings. The predicted octanol–water partition coefficient (Wildman–Crippen LogP) is 5.04. The van der Waals surface area contributed by atoms with E-state index >= 15 is 0 Å². The lowest BCUT2D eigenvalue weighted by Crippen LogP contribution is -2.32. The molecule has 0 aliphatic heterocycles. The maximum Gasteiger partial charge on any atom is 0.182 e. The van der Waals surface area contributed by atoms with Crippen molar-refractivity contribution in [1.82, 2.24) is 15.8 Å². The molecule has 0 aliphatic carbocycles. The largest absolute Gasteiger partial charge is 0.299 e. The Morgan fingerprint density at radius 1 is 1.22 bits per heavy atom. The molecular formula is C23H24BrFN4O3. The lowest BCUT2D eigenvalue weighted by Gasteiger charge is -2.29. The third-order valence-corrected chi connectivity index (χ3v) is 5.70. The van der Waals surface area contributed by atoms with Gasteiger partial charge in [0.15, 0.2) is 11.5 Å². The fraction of sp³-hybridized carbons (Fsp3) is 0.304. The molecule has 1 atom stereocenters. The van der Waals surface area contributed by atoms with Gasteiger partial charge in [-0.15, -0.1) is 0 Å². The summed E-state index contributed by atoms with van der Waals surface area (Å²) in [4.78, 5) is 17.5. The Hall–Kier alpha value is -2.91. The molecule has 1 unspecified atom stereocenters. The maximum absolute atomic E-state index is 13.5. The highest BCUT2D eigenvalue weighted by Crippen LogP contribution is 2.31. The van der Waals surface area contributed by atoms with Crippen LogP contribution in [0.1, 0.15) is 37.7 Å². The second-order valence-electron chi connectivity index (χ2n) is 8.48. The third kappa shape index (κ3) is 5.86. The van der Waals surface area contributed by atoms with Gasteiger partial charge in [0, 0.05) is 5.92 Å². The molecule has 168 valence electrons. The normalized spacial score (nSPS) is 13.1. The zero-order valence-corrected chi connectivity index (χ0v) is 19.6. The Bertz CT molecular complexity index is 1110. The van der Waals surface area contributed by atoms with Crippen LogP contribution in [0, 0.1) is 17.2 Å². The molecule has 1 heterocycles. The Balaban J connectivity index is 1.86. The molecule has 0 saturated carbocycles. The number of aliphatic imine (C=N–C) groups is 1. The number of aromatic nitrogens is 2. The summed E-state index contributed by atoms with van der Waals surface area (Å²) in [5, 5.41) is 17.3. The van der Waals surface area contributed by atoms with Gasteiger partial charge >= 0.3 is 0 Å². The van der Waals surface area contributed by atoms with Crippen molar-refractivity contribution in [3.05, 3.63) is 75.8 Å². The Labute approximate surface area is 193 Å². The molecule has 3 aromatic rings. The number of ketones is 1. The SMILES string of the molecule is CC(C)(C)C(Cc1ccccc1)C(=O)Cc1nonc1C(=Nc1ccc(F)c(Br)c1)NO. The van der Waals surface area contributed by atoms with Gasteiger partial charge in [-0.3, -0.25) is 15.5 Å². The summed E-state index contributed by atoms with van der Waals surface area (Å²) in [5.41, 5.74) is 3.46. The highest BCUT2D eigenvalue weighted by Gasteiger charge is 2.32. The van der Waals surface area contributed by atoms with Gasteiger partial charge in [-0.1, -0.05) is 56.3 Å². The van der Waals surface area contributed by atoms with E-state index in [-0.39, 0.29) is 45.2 Å². The van der Waals surface area contributed by atoms with Crippen LogP contribution in [0.15, 0.2) is 62.6 Å². The van der Waals surface area contributed by atoms with E-state index in [0.717, 1.165) is 5.56 Å². The van der Waals surface area contributed by atoms with Crippen LogP contribution in [0.2, 0.25) is 0 Å². The topological polar surface area (TPSA) is 101 Å². The number of Topliss-reactive ketones (excluding diaryl/α,β-unsaturated/α-hetero) is 1. The number of hydrogen-bond acceptors (Lipinski definition) is 6. The van der Waals surface area contributed by atoms with Crippen molar-refractivity contribution in [2.75, 3.05) is 0 Å². The maximum atomic E-state index is 13.5. The first-order chi connectivity index (χ1) is 15.2. The standard InChI is InChI=1S/C23H24BrFN4O3/c1-23(2,3)16(11-14-7-5-4-6-8-14)20(30)13-19-21(29-32-28-19)22(27-31)26-15-9-10-18(25)17(24)12-15/h4-10,12,16,31H,11,13H2,1-3H3,(H,26,27). The van der Waals surface area contributed by atoms with Crippen LogP contribution in [0.3, 0.4) is 0 Å². The van der Waals surface area contributed by atoms with Crippen molar-refractivity contribution in [3.63, 3.8) is 0 Å². The number of nitrogens with one attached hydrogen (secondary N) is 1. The van der Waals surface area contributed by atoms with Crippen LogP contribution in [-0.2, 0) is 17.6 Å². The molecule has 2 aromatic carbocycles. The highest BCUT2D eigenvalue weighted by molar-refractivity contribution is 9.10. The average Bonchev–Trinajstić information content (AvgIpc) is 3.20. The van der Waals surface area contributed by atoms with Gasteiger partial charge in [-0.25, -0.2) is 14.0 Å². The van der Waals surface area contributed by atoms with Crippen molar-refractivity contribution < 1.29 is 19.0 Å². The van der Waals surface area contributed by atoms with Gasteiger partial charge < -0.3 is 0 Å². The van der Waals surface area contributed by atoms with Crippen molar-refractivity contribution in [2.24, 2.45) is 16.3 Å². The Kier molecular flexibility index (Phi) is 7.52. The Morgan fingerprint density at radius 3 is 2.56 bits per heavy atom. The minimum Gasteiger partial charge on any atom is -0.299 e. The number of amidine groups is 1. The molecule has 0 bridgehead atoms. The van der Waals surface area contributed by atoms with Crippen LogP contribution in [0.4, 0.5) is 10.1 Å². The minimum atomic E-state index is -0.441. The summed E-state index contributed by atoms with van der Waals surface area (Å²) in [7, 11) is 0. The van der Waals surface area contributed by atoms with Crippen molar-refractivity contribution in [1.29, 1.82) is 0 Å². The van der Waals surface area contributed by atoms with Crippen molar-refractivity contribution in [2.45, 2.75) is 33.6 Å². The highest BCUT2D eigenvalue weighted by atomic mass is 79.9. The van der Waals surface area contributed by atoms with Gasteiger partial charge in [0.25, 0.3) is 0 Å². The molecular weight excluding hydrogens is 479 g/mol. The number of hydroxylamine groups is 1. The number of carbonyl (C=O) groups is 1. The number of rotatable bonds is 7.